The monoisotopic (exact) mass is 484 g/mol. The normalized spacial score (nSPS) is 16.6. The van der Waals surface area contributed by atoms with E-state index in [4.69, 9.17) is 9.47 Å². The Bertz CT molecular complexity index is 452. The molecule has 1 fully saturated rings. The lowest BCUT2D eigenvalue weighted by atomic mass is 10.1. The van der Waals surface area contributed by atoms with Gasteiger partial charge < -0.3 is 9.47 Å². The smallest absolute Gasteiger partial charge is 0.159 e. The molecule has 1 aliphatic rings. The predicted octanol–water partition coefficient (Wildman–Crippen LogP) is 9.55. The summed E-state index contributed by atoms with van der Waals surface area (Å²) in [6.45, 7) is 7.88. The van der Waals surface area contributed by atoms with Crippen LogP contribution in [0.1, 0.15) is 117 Å². The standard InChI is InChI=1S/C28H52O2S2/c1-4-7-8-9-10-11-12-13-14-15-16-17-18-19-20-21-23-28(31-24-22-25-32-28)26-27(29-5-2)30-6-3/h10-11,13-14,27H,4-9,12,15-26H2,1-3H3/b11-10+,14-13+. The number of hydrogen-bond donors (Lipinski definition) is 0. The molecule has 1 rings (SSSR count). The summed E-state index contributed by atoms with van der Waals surface area (Å²) < 4.78 is 12.1. The van der Waals surface area contributed by atoms with E-state index in [-0.39, 0.29) is 6.29 Å². The van der Waals surface area contributed by atoms with Crippen molar-refractivity contribution in [1.29, 1.82) is 0 Å². The molecule has 0 radical (unpaired) electrons. The summed E-state index contributed by atoms with van der Waals surface area (Å²) in [5, 5.41) is 0. The van der Waals surface area contributed by atoms with Crippen LogP contribution in [0.15, 0.2) is 24.3 Å². The van der Waals surface area contributed by atoms with Crippen molar-refractivity contribution in [3.8, 4) is 0 Å². The van der Waals surface area contributed by atoms with Gasteiger partial charge in [-0.25, -0.2) is 0 Å². The molecule has 0 unspecified atom stereocenters. The zero-order chi connectivity index (χ0) is 23.2. The van der Waals surface area contributed by atoms with Gasteiger partial charge in [-0.05, 0) is 70.3 Å². The largest absolute Gasteiger partial charge is 0.353 e. The number of thioether (sulfide) groups is 2. The minimum atomic E-state index is -0.0345. The van der Waals surface area contributed by atoms with Gasteiger partial charge in [0.15, 0.2) is 6.29 Å². The molecule has 0 atom stereocenters. The fourth-order valence-corrected chi connectivity index (χ4v) is 7.58. The van der Waals surface area contributed by atoms with E-state index in [1.807, 2.05) is 0 Å². The van der Waals surface area contributed by atoms with Crippen LogP contribution in [-0.4, -0.2) is 35.1 Å². The van der Waals surface area contributed by atoms with Crippen LogP contribution in [0.2, 0.25) is 0 Å². The summed E-state index contributed by atoms with van der Waals surface area (Å²) in [5.41, 5.74) is 0. The summed E-state index contributed by atoms with van der Waals surface area (Å²) in [4.78, 5) is 0. The Kier molecular flexibility index (Phi) is 20.4. The lowest BCUT2D eigenvalue weighted by molar-refractivity contribution is -0.140. The summed E-state index contributed by atoms with van der Waals surface area (Å²) in [5.74, 6) is 2.58. The number of rotatable bonds is 21. The number of ether oxygens (including phenoxy) is 2. The molecule has 0 aromatic rings. The summed E-state index contributed by atoms with van der Waals surface area (Å²) in [7, 11) is 0. The average molecular weight is 485 g/mol. The van der Waals surface area contributed by atoms with E-state index in [2.05, 4.69) is 68.6 Å². The van der Waals surface area contributed by atoms with Crippen molar-refractivity contribution < 1.29 is 9.47 Å². The van der Waals surface area contributed by atoms with Crippen LogP contribution in [-0.2, 0) is 9.47 Å². The fourth-order valence-electron chi connectivity index (χ4n) is 4.16. The Morgan fingerprint density at radius 1 is 0.719 bits per heavy atom. The molecule has 2 nitrogen and oxygen atoms in total. The summed E-state index contributed by atoms with van der Waals surface area (Å²) in [6, 6.07) is 0. The second kappa shape index (κ2) is 21.6. The second-order valence-corrected chi connectivity index (χ2v) is 12.1. The van der Waals surface area contributed by atoms with E-state index in [0.717, 1.165) is 26.1 Å². The van der Waals surface area contributed by atoms with Gasteiger partial charge in [0.2, 0.25) is 0 Å². The van der Waals surface area contributed by atoms with Gasteiger partial charge in [0.05, 0.1) is 4.08 Å². The first kappa shape index (κ1) is 30.1. The maximum atomic E-state index is 5.88. The van der Waals surface area contributed by atoms with Gasteiger partial charge in [0, 0.05) is 19.6 Å². The Morgan fingerprint density at radius 2 is 1.28 bits per heavy atom. The molecule has 1 saturated heterocycles. The van der Waals surface area contributed by atoms with Crippen LogP contribution < -0.4 is 0 Å². The highest BCUT2D eigenvalue weighted by Crippen LogP contribution is 2.49. The highest BCUT2D eigenvalue weighted by Gasteiger charge is 2.36. The molecule has 188 valence electrons. The average Bonchev–Trinajstić information content (AvgIpc) is 2.80. The van der Waals surface area contributed by atoms with Crippen molar-refractivity contribution in [3.63, 3.8) is 0 Å². The molecule has 0 bridgehead atoms. The maximum Gasteiger partial charge on any atom is 0.159 e. The van der Waals surface area contributed by atoms with Crippen molar-refractivity contribution in [3.05, 3.63) is 24.3 Å². The van der Waals surface area contributed by atoms with Crippen LogP contribution in [0.3, 0.4) is 0 Å². The summed E-state index contributed by atoms with van der Waals surface area (Å²) in [6.07, 6.45) is 28.9. The fraction of sp³-hybridized carbons (Fsp3) is 0.857. The van der Waals surface area contributed by atoms with Crippen molar-refractivity contribution in [2.45, 2.75) is 127 Å². The topological polar surface area (TPSA) is 18.5 Å². The molecule has 0 amide bonds. The minimum absolute atomic E-state index is 0.0345. The Labute approximate surface area is 209 Å². The van der Waals surface area contributed by atoms with E-state index in [1.165, 1.54) is 95.0 Å². The summed E-state index contributed by atoms with van der Waals surface area (Å²) >= 11 is 4.34. The van der Waals surface area contributed by atoms with Crippen LogP contribution in [0, 0.1) is 0 Å². The third-order valence-electron chi connectivity index (χ3n) is 5.96. The Hall–Kier alpha value is 0.1000. The molecule has 0 aliphatic carbocycles. The van der Waals surface area contributed by atoms with Crippen molar-refractivity contribution in [2.75, 3.05) is 24.7 Å². The van der Waals surface area contributed by atoms with Crippen molar-refractivity contribution in [2.24, 2.45) is 0 Å². The van der Waals surface area contributed by atoms with Crippen LogP contribution in [0.25, 0.3) is 0 Å². The molecule has 0 N–H and O–H groups in total. The third kappa shape index (κ3) is 15.9. The Balaban J connectivity index is 2.10. The van der Waals surface area contributed by atoms with E-state index in [0.29, 0.717) is 4.08 Å². The second-order valence-electron chi connectivity index (χ2n) is 8.84. The lowest BCUT2D eigenvalue weighted by Crippen LogP contribution is -2.33. The molecule has 0 spiro atoms. The van der Waals surface area contributed by atoms with Gasteiger partial charge in [-0.3, -0.25) is 0 Å². The SMILES string of the molecule is CCCCC/C=C/C/C=C/CCCCCCCCC1(CC(OCC)OCC)SCCCS1. The molecule has 32 heavy (non-hydrogen) atoms. The first-order chi connectivity index (χ1) is 15.8. The maximum absolute atomic E-state index is 5.88. The molecular weight excluding hydrogens is 432 g/mol. The molecule has 0 aromatic heterocycles. The minimum Gasteiger partial charge on any atom is -0.353 e. The highest BCUT2D eigenvalue weighted by atomic mass is 32.2. The van der Waals surface area contributed by atoms with Gasteiger partial charge in [-0.1, -0.05) is 76.2 Å². The van der Waals surface area contributed by atoms with E-state index in [1.54, 1.807) is 0 Å². The van der Waals surface area contributed by atoms with Gasteiger partial charge in [-0.15, -0.1) is 23.5 Å². The molecule has 0 aromatic carbocycles. The Morgan fingerprint density at radius 3 is 1.88 bits per heavy atom. The molecule has 0 saturated carbocycles. The zero-order valence-corrected chi connectivity index (χ0v) is 23.1. The quantitative estimate of drug-likeness (QED) is 0.0916. The van der Waals surface area contributed by atoms with Crippen molar-refractivity contribution >= 4 is 23.5 Å². The number of allylic oxidation sites excluding steroid dienone is 4. The van der Waals surface area contributed by atoms with Crippen LogP contribution in [0.4, 0.5) is 0 Å². The van der Waals surface area contributed by atoms with Gasteiger partial charge >= 0.3 is 0 Å². The van der Waals surface area contributed by atoms with Crippen LogP contribution in [0.5, 0.6) is 0 Å². The predicted molar refractivity (Wildman–Crippen MR) is 148 cm³/mol. The van der Waals surface area contributed by atoms with Gasteiger partial charge in [0.1, 0.15) is 0 Å². The van der Waals surface area contributed by atoms with Crippen LogP contribution >= 0.6 is 23.5 Å². The molecule has 4 heteroatoms. The van der Waals surface area contributed by atoms with Crippen molar-refractivity contribution in [1.82, 2.24) is 0 Å². The number of hydrogen-bond acceptors (Lipinski definition) is 4. The zero-order valence-electron chi connectivity index (χ0n) is 21.5. The number of unbranched alkanes of at least 4 members (excludes halogenated alkanes) is 9. The molecule has 1 aliphatic heterocycles. The van der Waals surface area contributed by atoms with E-state index < -0.39 is 0 Å². The highest BCUT2D eigenvalue weighted by molar-refractivity contribution is 8.18. The third-order valence-corrected chi connectivity index (χ3v) is 9.45. The molecule has 1 heterocycles. The molecular formula is C28H52O2S2. The van der Waals surface area contributed by atoms with E-state index >= 15 is 0 Å². The van der Waals surface area contributed by atoms with E-state index in [9.17, 15) is 0 Å². The van der Waals surface area contributed by atoms with Gasteiger partial charge in [-0.2, -0.15) is 0 Å². The first-order valence-electron chi connectivity index (χ1n) is 13.6. The lowest BCUT2D eigenvalue weighted by Gasteiger charge is -2.38. The van der Waals surface area contributed by atoms with Gasteiger partial charge in [0.25, 0.3) is 0 Å². The first-order valence-corrected chi connectivity index (χ1v) is 15.5.